The first kappa shape index (κ1) is 14.3. The monoisotopic (exact) mass is 294 g/mol. The van der Waals surface area contributed by atoms with E-state index in [0.29, 0.717) is 13.1 Å². The summed E-state index contributed by atoms with van der Waals surface area (Å²) < 4.78 is 61.5. The number of sulfonamides is 1. The van der Waals surface area contributed by atoms with Gasteiger partial charge in [0.1, 0.15) is 0 Å². The summed E-state index contributed by atoms with van der Waals surface area (Å²) in [4.78, 5) is -0.00266. The molecule has 0 aromatic heterocycles. The average Bonchev–Trinajstić information content (AvgIpc) is 2.73. The molecule has 1 aromatic carbocycles. The molecule has 2 rings (SSSR count). The van der Waals surface area contributed by atoms with E-state index >= 15 is 0 Å². The van der Waals surface area contributed by atoms with Crippen LogP contribution in [-0.2, 0) is 23.1 Å². The Kier molecular flexibility index (Phi) is 3.84. The van der Waals surface area contributed by atoms with Gasteiger partial charge in [-0.05, 0) is 23.3 Å². The van der Waals surface area contributed by atoms with Gasteiger partial charge < -0.3 is 5.32 Å². The summed E-state index contributed by atoms with van der Waals surface area (Å²) in [6.45, 7) is 0.597. The van der Waals surface area contributed by atoms with E-state index in [0.717, 1.165) is 11.1 Å². The second kappa shape index (κ2) is 5.10. The molecule has 1 heterocycles. The molecule has 8 heteroatoms. The van der Waals surface area contributed by atoms with Crippen molar-refractivity contribution < 1.29 is 21.6 Å². The van der Waals surface area contributed by atoms with Gasteiger partial charge in [-0.1, -0.05) is 6.07 Å². The van der Waals surface area contributed by atoms with Gasteiger partial charge in [0.05, 0.1) is 11.3 Å². The SMILES string of the molecule is O=S(=O)(NCCC(F)(F)F)c1ccc2c(c1)CNC2. The lowest BCUT2D eigenvalue weighted by Crippen LogP contribution is -2.28. The maximum absolute atomic E-state index is 12.0. The largest absolute Gasteiger partial charge is 0.390 e. The Balaban J connectivity index is 2.07. The topological polar surface area (TPSA) is 58.2 Å². The molecule has 106 valence electrons. The van der Waals surface area contributed by atoms with E-state index in [2.05, 4.69) is 5.32 Å². The molecule has 0 radical (unpaired) electrons. The minimum Gasteiger partial charge on any atom is -0.309 e. The molecule has 4 nitrogen and oxygen atoms in total. The predicted octanol–water partition coefficient (Wildman–Crippen LogP) is 1.52. The Bertz CT molecular complexity index is 570. The smallest absolute Gasteiger partial charge is 0.309 e. The van der Waals surface area contributed by atoms with Gasteiger partial charge >= 0.3 is 6.18 Å². The number of benzene rings is 1. The molecular weight excluding hydrogens is 281 g/mol. The summed E-state index contributed by atoms with van der Waals surface area (Å²) in [5, 5.41) is 3.07. The lowest BCUT2D eigenvalue weighted by molar-refractivity contribution is -0.132. The standard InChI is InChI=1S/C11H13F3N2O2S/c12-11(13,14)3-4-16-19(17,18)10-2-1-8-6-15-7-9(8)5-10/h1-2,5,15-16H,3-4,6-7H2. The van der Waals surface area contributed by atoms with Crippen molar-refractivity contribution in [3.63, 3.8) is 0 Å². The van der Waals surface area contributed by atoms with Crippen LogP contribution in [0.2, 0.25) is 0 Å². The van der Waals surface area contributed by atoms with E-state index in [1.54, 1.807) is 6.07 Å². The molecule has 1 aromatic rings. The van der Waals surface area contributed by atoms with Crippen LogP contribution in [0.4, 0.5) is 13.2 Å². The van der Waals surface area contributed by atoms with Crippen LogP contribution in [0.5, 0.6) is 0 Å². The zero-order valence-electron chi connectivity index (χ0n) is 9.92. The predicted molar refractivity (Wildman–Crippen MR) is 62.8 cm³/mol. The molecule has 2 N–H and O–H groups in total. The van der Waals surface area contributed by atoms with Crippen molar-refractivity contribution >= 4 is 10.0 Å². The lowest BCUT2D eigenvalue weighted by atomic mass is 10.1. The Morgan fingerprint density at radius 3 is 2.58 bits per heavy atom. The molecule has 1 aliphatic heterocycles. The fourth-order valence-electron chi connectivity index (χ4n) is 1.85. The van der Waals surface area contributed by atoms with Gasteiger partial charge in [-0.3, -0.25) is 0 Å². The van der Waals surface area contributed by atoms with E-state index in [-0.39, 0.29) is 4.90 Å². The summed E-state index contributed by atoms with van der Waals surface area (Å²) in [7, 11) is -3.88. The average molecular weight is 294 g/mol. The highest BCUT2D eigenvalue weighted by molar-refractivity contribution is 7.89. The number of hydrogen-bond acceptors (Lipinski definition) is 3. The molecule has 0 amide bonds. The Morgan fingerprint density at radius 2 is 1.89 bits per heavy atom. The molecule has 0 saturated carbocycles. The van der Waals surface area contributed by atoms with E-state index in [1.807, 2.05) is 4.72 Å². The molecule has 0 atom stereocenters. The lowest BCUT2D eigenvalue weighted by Gasteiger charge is -2.09. The van der Waals surface area contributed by atoms with Crippen molar-refractivity contribution in [2.75, 3.05) is 6.54 Å². The van der Waals surface area contributed by atoms with Crippen LogP contribution in [0, 0.1) is 0 Å². The van der Waals surface area contributed by atoms with Gasteiger partial charge in [-0.15, -0.1) is 0 Å². The highest BCUT2D eigenvalue weighted by Crippen LogP contribution is 2.21. The minimum atomic E-state index is -4.37. The highest BCUT2D eigenvalue weighted by Gasteiger charge is 2.27. The van der Waals surface area contributed by atoms with Crippen molar-refractivity contribution in [1.29, 1.82) is 0 Å². The van der Waals surface area contributed by atoms with Gasteiger partial charge in [0.15, 0.2) is 0 Å². The third kappa shape index (κ3) is 3.68. The Labute approximate surface area is 109 Å². The molecule has 0 fully saturated rings. The number of alkyl halides is 3. The molecule has 0 aliphatic carbocycles. The second-order valence-corrected chi connectivity index (χ2v) is 6.06. The van der Waals surface area contributed by atoms with Crippen LogP contribution in [0.3, 0.4) is 0 Å². The summed E-state index contributed by atoms with van der Waals surface area (Å²) >= 11 is 0. The summed E-state index contributed by atoms with van der Waals surface area (Å²) in [5.41, 5.74) is 1.87. The fourth-order valence-corrected chi connectivity index (χ4v) is 2.93. The van der Waals surface area contributed by atoms with Crippen molar-refractivity contribution in [3.8, 4) is 0 Å². The normalized spacial score (nSPS) is 15.5. The van der Waals surface area contributed by atoms with E-state index in [9.17, 15) is 21.6 Å². The van der Waals surface area contributed by atoms with Crippen LogP contribution < -0.4 is 10.0 Å². The minimum absolute atomic E-state index is 0.00266. The molecule has 19 heavy (non-hydrogen) atoms. The zero-order valence-corrected chi connectivity index (χ0v) is 10.7. The van der Waals surface area contributed by atoms with Gasteiger partial charge in [0.25, 0.3) is 0 Å². The maximum atomic E-state index is 12.0. The fraction of sp³-hybridized carbons (Fsp3) is 0.455. The maximum Gasteiger partial charge on any atom is 0.390 e. The number of nitrogens with one attached hydrogen (secondary N) is 2. The van der Waals surface area contributed by atoms with E-state index in [1.165, 1.54) is 12.1 Å². The van der Waals surface area contributed by atoms with Crippen LogP contribution in [0.25, 0.3) is 0 Å². The first-order valence-electron chi connectivity index (χ1n) is 5.67. The van der Waals surface area contributed by atoms with Gasteiger partial charge in [-0.25, -0.2) is 13.1 Å². The molecule has 0 unspecified atom stereocenters. The Morgan fingerprint density at radius 1 is 1.21 bits per heavy atom. The zero-order chi connectivity index (χ0) is 14.1. The molecular formula is C11H13F3N2O2S. The number of fused-ring (bicyclic) bond motifs is 1. The third-order valence-corrected chi connectivity index (χ3v) is 4.28. The first-order chi connectivity index (χ1) is 8.78. The highest BCUT2D eigenvalue weighted by atomic mass is 32.2. The number of halogens is 3. The van der Waals surface area contributed by atoms with Gasteiger partial charge in [0, 0.05) is 19.6 Å². The van der Waals surface area contributed by atoms with Crippen LogP contribution in [-0.4, -0.2) is 21.1 Å². The Hall–Kier alpha value is -1.12. The van der Waals surface area contributed by atoms with Crippen LogP contribution in [0.15, 0.2) is 23.1 Å². The third-order valence-electron chi connectivity index (χ3n) is 2.82. The summed E-state index contributed by atoms with van der Waals surface area (Å²) in [5.74, 6) is 0. The van der Waals surface area contributed by atoms with Crippen molar-refractivity contribution in [2.45, 2.75) is 30.6 Å². The van der Waals surface area contributed by atoms with Crippen molar-refractivity contribution in [1.82, 2.24) is 10.0 Å². The van der Waals surface area contributed by atoms with Gasteiger partial charge in [-0.2, -0.15) is 13.2 Å². The van der Waals surface area contributed by atoms with Crippen molar-refractivity contribution in [2.24, 2.45) is 0 Å². The summed E-state index contributed by atoms with van der Waals surface area (Å²) in [6, 6.07) is 4.57. The van der Waals surface area contributed by atoms with E-state index < -0.39 is 29.2 Å². The molecule has 0 saturated heterocycles. The van der Waals surface area contributed by atoms with Gasteiger partial charge in [0.2, 0.25) is 10.0 Å². The summed E-state index contributed by atoms with van der Waals surface area (Å²) in [6.07, 6.45) is -5.55. The van der Waals surface area contributed by atoms with E-state index in [4.69, 9.17) is 0 Å². The molecule has 0 spiro atoms. The number of rotatable bonds is 4. The number of hydrogen-bond donors (Lipinski definition) is 2. The first-order valence-corrected chi connectivity index (χ1v) is 7.15. The van der Waals surface area contributed by atoms with Crippen molar-refractivity contribution in [3.05, 3.63) is 29.3 Å². The molecule has 0 bridgehead atoms. The van der Waals surface area contributed by atoms with Crippen LogP contribution in [0.1, 0.15) is 17.5 Å². The quantitative estimate of drug-likeness (QED) is 0.885. The molecule has 1 aliphatic rings. The van der Waals surface area contributed by atoms with Crippen LogP contribution >= 0.6 is 0 Å². The second-order valence-electron chi connectivity index (χ2n) is 4.30.